The molecule has 6 heteroatoms. The zero-order chi connectivity index (χ0) is 16.4. The summed E-state index contributed by atoms with van der Waals surface area (Å²) in [6.07, 6.45) is 2.01. The van der Waals surface area contributed by atoms with Crippen molar-refractivity contribution in [2.45, 2.75) is 36.7 Å². The van der Waals surface area contributed by atoms with Gasteiger partial charge < -0.3 is 29.5 Å². The third-order valence-electron chi connectivity index (χ3n) is 5.32. The molecule has 0 fully saturated rings. The maximum atomic E-state index is 12.7. The van der Waals surface area contributed by atoms with E-state index in [-0.39, 0.29) is 13.1 Å². The van der Waals surface area contributed by atoms with Crippen LogP contribution in [-0.4, -0.2) is 53.9 Å². The highest BCUT2D eigenvalue weighted by molar-refractivity contribution is 5.61. The highest BCUT2D eigenvalue weighted by atomic mass is 16.5. The molecule has 0 saturated heterocycles. The normalized spacial score (nSPS) is 40.8. The number of aliphatic hydroxyl groups is 2. The van der Waals surface area contributed by atoms with Crippen LogP contribution in [0.5, 0.6) is 11.5 Å². The van der Waals surface area contributed by atoms with Crippen LogP contribution in [0.3, 0.4) is 0 Å². The molecule has 2 heterocycles. The van der Waals surface area contributed by atoms with E-state index in [1.54, 1.807) is 26.3 Å². The van der Waals surface area contributed by atoms with Crippen molar-refractivity contribution in [2.75, 3.05) is 20.7 Å². The Labute approximate surface area is 134 Å². The molecule has 6 nitrogen and oxygen atoms in total. The van der Waals surface area contributed by atoms with E-state index in [9.17, 15) is 15.4 Å². The average Bonchev–Trinajstić information content (AvgIpc) is 2.78. The van der Waals surface area contributed by atoms with Crippen LogP contribution in [0.2, 0.25) is 0 Å². The second kappa shape index (κ2) is 4.70. The van der Waals surface area contributed by atoms with E-state index in [1.165, 1.54) is 0 Å². The molecule has 2 aliphatic heterocycles. The Kier molecular flexibility index (Phi) is 3.06. The van der Waals surface area contributed by atoms with E-state index in [1.807, 2.05) is 12.1 Å². The zero-order valence-corrected chi connectivity index (χ0v) is 13.2. The molecule has 0 radical (unpaired) electrons. The van der Waals surface area contributed by atoms with Crippen LogP contribution in [0.4, 0.5) is 0 Å². The van der Waals surface area contributed by atoms with Gasteiger partial charge in [0.1, 0.15) is 25.3 Å². The number of likely N-dealkylation sites (N-methyl/N-ethyl adjacent to an activating group) is 1. The minimum absolute atomic E-state index is 0.0801. The van der Waals surface area contributed by atoms with Crippen LogP contribution in [0.1, 0.15) is 17.5 Å². The number of hydrogen-bond acceptors (Lipinski definition) is 5. The van der Waals surface area contributed by atoms with Gasteiger partial charge in [-0.05, 0) is 12.1 Å². The summed E-state index contributed by atoms with van der Waals surface area (Å²) in [5.41, 5.74) is 0.923. The van der Waals surface area contributed by atoms with Crippen LogP contribution in [0.25, 0.3) is 0 Å². The predicted octanol–water partition coefficient (Wildman–Crippen LogP) is 0.834. The van der Waals surface area contributed by atoms with Gasteiger partial charge in [0.25, 0.3) is 0 Å². The lowest BCUT2D eigenvalue weighted by Crippen LogP contribution is -2.54. The van der Waals surface area contributed by atoms with Crippen molar-refractivity contribution in [1.29, 1.82) is 0 Å². The van der Waals surface area contributed by atoms with E-state index in [2.05, 4.69) is 0 Å². The Balaban J connectivity index is 2.01. The molecule has 2 N–H and O–H groups in total. The van der Waals surface area contributed by atoms with Gasteiger partial charge in [0.05, 0.1) is 25.7 Å². The summed E-state index contributed by atoms with van der Waals surface area (Å²) in [4.78, 5) is 0. The fourth-order valence-corrected chi connectivity index (χ4v) is 4.33. The van der Waals surface area contributed by atoms with Crippen molar-refractivity contribution in [3.05, 3.63) is 40.6 Å². The van der Waals surface area contributed by atoms with Gasteiger partial charge >= 0.3 is 0 Å². The van der Waals surface area contributed by atoms with Gasteiger partial charge in [-0.1, -0.05) is 12.2 Å². The molecule has 3 aliphatic rings. The van der Waals surface area contributed by atoms with Gasteiger partial charge in [0.2, 0.25) is 0 Å². The molecular weight excluding hydrogens is 298 g/mol. The molecular formula is C17H21NO5. The van der Waals surface area contributed by atoms with Crippen LogP contribution < -0.4 is 9.47 Å². The van der Waals surface area contributed by atoms with Crippen molar-refractivity contribution in [2.24, 2.45) is 0 Å². The van der Waals surface area contributed by atoms with Crippen LogP contribution in [0.15, 0.2) is 24.3 Å². The number of hydrogen-bond donors (Lipinski definition) is 2. The standard InChI is InChI=1S/C17H21NO5/c1-18(21)8-10-3-4-12(22-2)16-15(10)17(13(20)9-18)6-5-11(19)7-14(17)23-16/h3-6,11,13-14,19-20H,7-9H2,1-2H3/t11-,13+,14-,17-,18-/m0/s1. The van der Waals surface area contributed by atoms with Crippen molar-refractivity contribution >= 4 is 0 Å². The molecule has 5 atom stereocenters. The molecule has 1 spiro atoms. The Morgan fingerprint density at radius 1 is 1.39 bits per heavy atom. The maximum absolute atomic E-state index is 12.7. The maximum Gasteiger partial charge on any atom is 0.166 e. The lowest BCUT2D eigenvalue weighted by atomic mass is 9.67. The summed E-state index contributed by atoms with van der Waals surface area (Å²) in [5, 5.41) is 33.6. The molecule has 23 heavy (non-hydrogen) atoms. The first-order valence-electron chi connectivity index (χ1n) is 7.85. The van der Waals surface area contributed by atoms with E-state index >= 15 is 0 Å². The highest BCUT2D eigenvalue weighted by Crippen LogP contribution is 2.56. The Bertz CT molecular complexity index is 686. The first-order chi connectivity index (χ1) is 10.9. The molecule has 0 bridgehead atoms. The van der Waals surface area contributed by atoms with E-state index < -0.39 is 28.4 Å². The lowest BCUT2D eigenvalue weighted by Gasteiger charge is -2.42. The molecule has 0 amide bonds. The van der Waals surface area contributed by atoms with Gasteiger partial charge in [-0.15, -0.1) is 0 Å². The smallest absolute Gasteiger partial charge is 0.166 e. The summed E-state index contributed by atoms with van der Waals surface area (Å²) in [5.74, 6) is 1.18. The Hall–Kier alpha value is -1.60. The van der Waals surface area contributed by atoms with Gasteiger partial charge in [-0.3, -0.25) is 0 Å². The summed E-state index contributed by atoms with van der Waals surface area (Å²) in [6.45, 7) is 0.355. The molecule has 4 rings (SSSR count). The predicted molar refractivity (Wildman–Crippen MR) is 83.0 cm³/mol. The molecule has 1 aromatic rings. The van der Waals surface area contributed by atoms with E-state index in [0.29, 0.717) is 17.9 Å². The number of rotatable bonds is 1. The van der Waals surface area contributed by atoms with Gasteiger partial charge in [0.15, 0.2) is 11.5 Å². The number of ether oxygens (including phenoxy) is 2. The van der Waals surface area contributed by atoms with Crippen molar-refractivity contribution in [1.82, 2.24) is 0 Å². The van der Waals surface area contributed by atoms with Gasteiger partial charge in [0, 0.05) is 17.5 Å². The van der Waals surface area contributed by atoms with Gasteiger partial charge in [-0.2, -0.15) is 0 Å². The number of methoxy groups -OCH3 is 1. The fourth-order valence-electron chi connectivity index (χ4n) is 4.33. The first kappa shape index (κ1) is 15.0. The second-order valence-corrected chi connectivity index (χ2v) is 6.99. The van der Waals surface area contributed by atoms with Crippen LogP contribution in [-0.2, 0) is 12.0 Å². The molecule has 0 unspecified atom stereocenters. The SMILES string of the molecule is COc1ccc2c3c1O[C@H]1C[C@@H](O)C=C[C@@]31[C@H](O)C[N@@+](C)([O-])C2. The summed E-state index contributed by atoms with van der Waals surface area (Å²) >= 11 is 0. The number of benzene rings is 1. The Morgan fingerprint density at radius 2 is 2.17 bits per heavy atom. The summed E-state index contributed by atoms with van der Waals surface area (Å²) < 4.78 is 11.0. The quantitative estimate of drug-likeness (QED) is 0.455. The van der Waals surface area contributed by atoms with E-state index in [0.717, 1.165) is 11.1 Å². The average molecular weight is 319 g/mol. The second-order valence-electron chi connectivity index (χ2n) is 6.99. The van der Waals surface area contributed by atoms with Crippen LogP contribution in [0, 0.1) is 5.21 Å². The number of quaternary nitrogens is 1. The summed E-state index contributed by atoms with van der Waals surface area (Å²) in [7, 11) is 3.15. The molecule has 0 saturated carbocycles. The number of hydroxylamine groups is 3. The third kappa shape index (κ3) is 1.96. The fraction of sp³-hybridized carbons (Fsp3) is 0.529. The van der Waals surface area contributed by atoms with Crippen molar-refractivity contribution in [3.8, 4) is 11.5 Å². The largest absolute Gasteiger partial charge is 0.633 e. The lowest BCUT2D eigenvalue weighted by molar-refractivity contribution is -0.877. The molecule has 0 aromatic heterocycles. The third-order valence-corrected chi connectivity index (χ3v) is 5.32. The minimum Gasteiger partial charge on any atom is -0.633 e. The zero-order valence-electron chi connectivity index (χ0n) is 13.2. The van der Waals surface area contributed by atoms with Crippen molar-refractivity contribution < 1.29 is 24.3 Å². The summed E-state index contributed by atoms with van der Waals surface area (Å²) in [6, 6.07) is 3.69. The Morgan fingerprint density at radius 3 is 2.91 bits per heavy atom. The first-order valence-corrected chi connectivity index (χ1v) is 7.85. The molecule has 1 aliphatic carbocycles. The van der Waals surface area contributed by atoms with Crippen LogP contribution >= 0.6 is 0 Å². The molecule has 124 valence electrons. The number of nitrogens with zero attached hydrogens (tertiary/aromatic N) is 1. The number of aliphatic hydroxyl groups excluding tert-OH is 2. The molecule has 1 aromatic carbocycles. The van der Waals surface area contributed by atoms with E-state index in [4.69, 9.17) is 9.47 Å². The van der Waals surface area contributed by atoms with Crippen molar-refractivity contribution in [3.63, 3.8) is 0 Å². The topological polar surface area (TPSA) is 82.0 Å². The van der Waals surface area contributed by atoms with Gasteiger partial charge in [-0.25, -0.2) is 0 Å². The minimum atomic E-state index is -0.881. The monoisotopic (exact) mass is 319 g/mol. The highest BCUT2D eigenvalue weighted by Gasteiger charge is 2.58.